The monoisotopic (exact) mass is 235 g/mol. The van der Waals surface area contributed by atoms with Crippen LogP contribution >= 0.6 is 0 Å². The number of hydrogen-bond donors (Lipinski definition) is 2. The van der Waals surface area contributed by atoms with Crippen molar-refractivity contribution in [1.29, 1.82) is 0 Å². The molecule has 0 saturated carbocycles. The van der Waals surface area contributed by atoms with E-state index in [1.807, 2.05) is 50.2 Å². The third-order valence-electron chi connectivity index (χ3n) is 2.58. The Kier molecular flexibility index (Phi) is 4.97. The van der Waals surface area contributed by atoms with E-state index in [4.69, 9.17) is 5.73 Å². The molecule has 1 aromatic carbocycles. The molecule has 1 aromatic rings. The fourth-order valence-corrected chi connectivity index (χ4v) is 1.64. The predicted molar refractivity (Wildman–Crippen MR) is 72.3 cm³/mol. The molecule has 0 radical (unpaired) electrons. The van der Waals surface area contributed by atoms with Crippen molar-refractivity contribution in [3.8, 4) is 0 Å². The summed E-state index contributed by atoms with van der Waals surface area (Å²) in [5, 5.41) is 2.87. The van der Waals surface area contributed by atoms with Crippen LogP contribution in [-0.4, -0.2) is 26.0 Å². The lowest BCUT2D eigenvalue weighted by Gasteiger charge is -2.19. The number of amides is 1. The van der Waals surface area contributed by atoms with Crippen molar-refractivity contribution >= 4 is 17.3 Å². The summed E-state index contributed by atoms with van der Waals surface area (Å²) in [6.45, 7) is 2.01. The van der Waals surface area contributed by atoms with Crippen molar-refractivity contribution in [2.45, 2.75) is 25.8 Å². The van der Waals surface area contributed by atoms with Crippen LogP contribution in [-0.2, 0) is 4.79 Å². The van der Waals surface area contributed by atoms with E-state index in [1.165, 1.54) is 0 Å². The number of rotatable bonds is 5. The van der Waals surface area contributed by atoms with Gasteiger partial charge in [-0.1, -0.05) is 25.5 Å². The van der Waals surface area contributed by atoms with Crippen molar-refractivity contribution in [2.75, 3.05) is 24.3 Å². The van der Waals surface area contributed by atoms with E-state index in [9.17, 15) is 4.79 Å². The topological polar surface area (TPSA) is 58.4 Å². The van der Waals surface area contributed by atoms with E-state index < -0.39 is 6.04 Å². The normalized spacial score (nSPS) is 12.0. The van der Waals surface area contributed by atoms with Gasteiger partial charge < -0.3 is 16.0 Å². The number of nitrogens with one attached hydrogen (secondary N) is 1. The second-order valence-corrected chi connectivity index (χ2v) is 4.30. The molecule has 94 valence electrons. The van der Waals surface area contributed by atoms with E-state index >= 15 is 0 Å². The molecule has 4 nitrogen and oxygen atoms in total. The summed E-state index contributed by atoms with van der Waals surface area (Å²) in [6.07, 6.45) is 1.61. The molecule has 0 spiro atoms. The van der Waals surface area contributed by atoms with Gasteiger partial charge in [-0.05, 0) is 18.6 Å². The van der Waals surface area contributed by atoms with Crippen LogP contribution in [0.3, 0.4) is 0 Å². The van der Waals surface area contributed by atoms with Gasteiger partial charge in [0.05, 0.1) is 17.4 Å². The highest BCUT2D eigenvalue weighted by Gasteiger charge is 2.14. The van der Waals surface area contributed by atoms with Gasteiger partial charge >= 0.3 is 0 Å². The number of benzene rings is 1. The fourth-order valence-electron chi connectivity index (χ4n) is 1.64. The zero-order chi connectivity index (χ0) is 12.8. The van der Waals surface area contributed by atoms with Crippen molar-refractivity contribution in [2.24, 2.45) is 5.73 Å². The molecule has 0 aromatic heterocycles. The smallest absolute Gasteiger partial charge is 0.241 e. The maximum Gasteiger partial charge on any atom is 0.241 e. The van der Waals surface area contributed by atoms with Gasteiger partial charge in [-0.2, -0.15) is 0 Å². The minimum atomic E-state index is -0.435. The lowest BCUT2D eigenvalue weighted by atomic mass is 10.1. The first kappa shape index (κ1) is 13.5. The number of anilines is 2. The average molecular weight is 235 g/mol. The minimum Gasteiger partial charge on any atom is -0.376 e. The predicted octanol–water partition coefficient (Wildman–Crippen LogP) is 1.82. The maximum absolute atomic E-state index is 11.8. The summed E-state index contributed by atoms with van der Waals surface area (Å²) in [5.41, 5.74) is 7.55. The highest BCUT2D eigenvalue weighted by Crippen LogP contribution is 2.23. The zero-order valence-electron chi connectivity index (χ0n) is 10.7. The third-order valence-corrected chi connectivity index (χ3v) is 2.58. The van der Waals surface area contributed by atoms with E-state index in [1.54, 1.807) is 0 Å². The number of carbonyl (C=O) groups excluding carboxylic acids is 1. The molecule has 3 N–H and O–H groups in total. The number of para-hydroxylation sites is 2. The van der Waals surface area contributed by atoms with E-state index in [-0.39, 0.29) is 5.91 Å². The van der Waals surface area contributed by atoms with E-state index in [0.717, 1.165) is 17.8 Å². The summed E-state index contributed by atoms with van der Waals surface area (Å²) in [7, 11) is 3.88. The van der Waals surface area contributed by atoms with Crippen LogP contribution < -0.4 is 16.0 Å². The molecule has 0 aliphatic carbocycles. The van der Waals surface area contributed by atoms with Crippen molar-refractivity contribution < 1.29 is 4.79 Å². The van der Waals surface area contributed by atoms with Crippen LogP contribution in [0.5, 0.6) is 0 Å². The molecule has 1 amide bonds. The highest BCUT2D eigenvalue weighted by atomic mass is 16.2. The second kappa shape index (κ2) is 6.25. The van der Waals surface area contributed by atoms with E-state index in [0.29, 0.717) is 6.42 Å². The molecule has 0 saturated heterocycles. The first-order valence-corrected chi connectivity index (χ1v) is 5.89. The summed E-state index contributed by atoms with van der Waals surface area (Å²) in [4.78, 5) is 13.8. The average Bonchev–Trinajstić information content (AvgIpc) is 2.29. The summed E-state index contributed by atoms with van der Waals surface area (Å²) >= 11 is 0. The Morgan fingerprint density at radius 1 is 1.41 bits per heavy atom. The summed E-state index contributed by atoms with van der Waals surface area (Å²) < 4.78 is 0. The molecule has 1 unspecified atom stereocenters. The van der Waals surface area contributed by atoms with Gasteiger partial charge in [-0.15, -0.1) is 0 Å². The Balaban J connectivity index is 2.77. The Morgan fingerprint density at radius 3 is 2.65 bits per heavy atom. The third kappa shape index (κ3) is 3.75. The molecular weight excluding hydrogens is 214 g/mol. The first-order chi connectivity index (χ1) is 8.06. The molecular formula is C13H21N3O. The van der Waals surface area contributed by atoms with Crippen LogP contribution in [0.2, 0.25) is 0 Å². The largest absolute Gasteiger partial charge is 0.376 e. The number of carbonyl (C=O) groups is 1. The van der Waals surface area contributed by atoms with Crippen molar-refractivity contribution in [3.05, 3.63) is 24.3 Å². The summed E-state index contributed by atoms with van der Waals surface area (Å²) in [5.74, 6) is -0.124. The molecule has 1 rings (SSSR count). The quantitative estimate of drug-likeness (QED) is 0.818. The van der Waals surface area contributed by atoms with Gasteiger partial charge in [0.2, 0.25) is 5.91 Å². The lowest BCUT2D eigenvalue weighted by molar-refractivity contribution is -0.117. The second-order valence-electron chi connectivity index (χ2n) is 4.30. The zero-order valence-corrected chi connectivity index (χ0v) is 10.7. The van der Waals surface area contributed by atoms with Gasteiger partial charge in [0.15, 0.2) is 0 Å². The van der Waals surface area contributed by atoms with Crippen LogP contribution in [0.4, 0.5) is 11.4 Å². The maximum atomic E-state index is 11.8. The Hall–Kier alpha value is -1.55. The molecule has 17 heavy (non-hydrogen) atoms. The minimum absolute atomic E-state index is 0.124. The Morgan fingerprint density at radius 2 is 2.06 bits per heavy atom. The first-order valence-electron chi connectivity index (χ1n) is 5.89. The standard InChI is InChI=1S/C13H21N3O/c1-4-7-10(14)13(17)15-11-8-5-6-9-12(11)16(2)3/h5-6,8-10H,4,7,14H2,1-3H3,(H,15,17). The number of nitrogens with two attached hydrogens (primary N) is 1. The lowest BCUT2D eigenvalue weighted by Crippen LogP contribution is -2.35. The van der Waals surface area contributed by atoms with E-state index in [2.05, 4.69) is 5.32 Å². The van der Waals surface area contributed by atoms with Gasteiger partial charge in [-0.25, -0.2) is 0 Å². The van der Waals surface area contributed by atoms with Crippen LogP contribution in [0.25, 0.3) is 0 Å². The highest BCUT2D eigenvalue weighted by molar-refractivity contribution is 5.97. The number of hydrogen-bond acceptors (Lipinski definition) is 3. The molecule has 0 bridgehead atoms. The molecule has 0 heterocycles. The van der Waals surface area contributed by atoms with Crippen LogP contribution in [0, 0.1) is 0 Å². The van der Waals surface area contributed by atoms with Gasteiger partial charge in [0.25, 0.3) is 0 Å². The molecule has 0 aliphatic rings. The van der Waals surface area contributed by atoms with Crippen molar-refractivity contribution in [3.63, 3.8) is 0 Å². The van der Waals surface area contributed by atoms with Crippen LogP contribution in [0.15, 0.2) is 24.3 Å². The Bertz CT molecular complexity index is 377. The number of nitrogens with zero attached hydrogens (tertiary/aromatic N) is 1. The van der Waals surface area contributed by atoms with Crippen LogP contribution in [0.1, 0.15) is 19.8 Å². The fraction of sp³-hybridized carbons (Fsp3) is 0.462. The molecule has 0 fully saturated rings. The molecule has 0 aliphatic heterocycles. The SMILES string of the molecule is CCCC(N)C(=O)Nc1ccccc1N(C)C. The van der Waals surface area contributed by atoms with Crippen molar-refractivity contribution in [1.82, 2.24) is 0 Å². The Labute approximate surface area is 103 Å². The molecule has 4 heteroatoms. The molecule has 1 atom stereocenters. The summed E-state index contributed by atoms with van der Waals surface area (Å²) in [6, 6.07) is 7.24. The van der Waals surface area contributed by atoms with Gasteiger partial charge in [0, 0.05) is 14.1 Å². The van der Waals surface area contributed by atoms with Gasteiger partial charge in [0.1, 0.15) is 0 Å². The van der Waals surface area contributed by atoms with Gasteiger partial charge in [-0.3, -0.25) is 4.79 Å².